The molecule has 0 aromatic heterocycles. The number of fused-ring (bicyclic) bond motifs is 1. The van der Waals surface area contributed by atoms with Gasteiger partial charge in [-0.2, -0.15) is 5.11 Å². The van der Waals surface area contributed by atoms with Crippen molar-refractivity contribution in [2.45, 2.75) is 25.9 Å². The van der Waals surface area contributed by atoms with E-state index in [0.717, 1.165) is 28.2 Å². The Morgan fingerprint density at radius 3 is 2.50 bits per heavy atom. The van der Waals surface area contributed by atoms with Crippen molar-refractivity contribution >= 4 is 23.2 Å². The number of hydrogen-bond acceptors (Lipinski definition) is 5. The van der Waals surface area contributed by atoms with Crippen LogP contribution in [-0.2, 0) is 9.59 Å². The third-order valence-corrected chi connectivity index (χ3v) is 4.77. The number of amides is 2. The third kappa shape index (κ3) is 2.22. The van der Waals surface area contributed by atoms with Crippen LogP contribution in [0.3, 0.4) is 0 Å². The van der Waals surface area contributed by atoms with Crippen molar-refractivity contribution < 1.29 is 18.4 Å². The van der Waals surface area contributed by atoms with Gasteiger partial charge in [0.25, 0.3) is 11.8 Å². The van der Waals surface area contributed by atoms with Gasteiger partial charge in [0, 0.05) is 6.07 Å². The van der Waals surface area contributed by atoms with Crippen LogP contribution in [0.15, 0.2) is 46.7 Å². The monoisotopic (exact) mass is 356 g/mol. The molecule has 2 amide bonds. The molecule has 8 heteroatoms. The van der Waals surface area contributed by atoms with Crippen molar-refractivity contribution in [1.29, 1.82) is 0 Å². The smallest absolute Gasteiger partial charge is 0.263 e. The Bertz CT molecular complexity index is 976. The summed E-state index contributed by atoms with van der Waals surface area (Å²) in [7, 11) is 0. The van der Waals surface area contributed by atoms with Crippen LogP contribution in [0.5, 0.6) is 0 Å². The highest BCUT2D eigenvalue weighted by Gasteiger charge is 2.55. The second kappa shape index (κ2) is 5.69. The zero-order chi connectivity index (χ0) is 18.6. The van der Waals surface area contributed by atoms with Crippen molar-refractivity contribution in [3.63, 3.8) is 0 Å². The maximum atomic E-state index is 13.5. The summed E-state index contributed by atoms with van der Waals surface area (Å²) in [5.41, 5.74) is 2.58. The van der Waals surface area contributed by atoms with Crippen LogP contribution in [-0.4, -0.2) is 23.9 Å². The molecule has 0 bridgehead atoms. The molecule has 0 spiro atoms. The molecular weight excluding hydrogens is 342 g/mol. The van der Waals surface area contributed by atoms with Crippen LogP contribution in [0.1, 0.15) is 11.1 Å². The predicted molar refractivity (Wildman–Crippen MR) is 89.7 cm³/mol. The van der Waals surface area contributed by atoms with Gasteiger partial charge in [-0.1, -0.05) is 17.4 Å². The first-order valence-corrected chi connectivity index (χ1v) is 7.99. The van der Waals surface area contributed by atoms with E-state index in [1.54, 1.807) is 6.07 Å². The number of carbonyl (C=O) groups is 2. The molecule has 2 aromatic rings. The summed E-state index contributed by atoms with van der Waals surface area (Å²) in [6.45, 7) is 3.82. The van der Waals surface area contributed by atoms with E-state index in [-0.39, 0.29) is 5.69 Å². The van der Waals surface area contributed by atoms with Gasteiger partial charge in [-0.05, 0) is 43.2 Å². The Kier molecular flexibility index (Phi) is 3.57. The van der Waals surface area contributed by atoms with Crippen LogP contribution >= 0.6 is 0 Å². The van der Waals surface area contributed by atoms with E-state index >= 15 is 0 Å². The fraction of sp³-hybridized carbons (Fsp3) is 0.222. The summed E-state index contributed by atoms with van der Waals surface area (Å²) in [5, 5.41) is 9.38. The molecule has 0 saturated carbocycles. The van der Waals surface area contributed by atoms with Crippen molar-refractivity contribution in [1.82, 2.24) is 0 Å². The first kappa shape index (κ1) is 16.3. The molecule has 6 nitrogen and oxygen atoms in total. The molecule has 0 aliphatic carbocycles. The summed E-state index contributed by atoms with van der Waals surface area (Å²) < 4.78 is 26.7. The highest BCUT2D eigenvalue weighted by molar-refractivity contribution is 6.26. The lowest BCUT2D eigenvalue weighted by Crippen LogP contribution is -2.40. The zero-order valence-corrected chi connectivity index (χ0v) is 14.0. The average Bonchev–Trinajstić information content (AvgIpc) is 3.14. The molecule has 0 N–H and O–H groups in total. The molecule has 2 atom stereocenters. The van der Waals surface area contributed by atoms with E-state index in [1.807, 2.05) is 26.0 Å². The lowest BCUT2D eigenvalue weighted by atomic mass is 10.1. The summed E-state index contributed by atoms with van der Waals surface area (Å²) in [4.78, 5) is 26.4. The minimum Gasteiger partial charge on any atom is -0.271 e. The fourth-order valence-corrected chi connectivity index (χ4v) is 3.22. The number of aryl methyl sites for hydroxylation is 1. The SMILES string of the molecule is Cc1cccc(N2N=N[C@@H]3C(=O)N(c4ccc(F)c(F)c4)C(=O)[C@H]32)c1C. The molecule has 132 valence electrons. The second-order valence-electron chi connectivity index (χ2n) is 6.27. The van der Waals surface area contributed by atoms with Crippen LogP contribution < -0.4 is 9.91 Å². The van der Waals surface area contributed by atoms with Crippen LogP contribution in [0.2, 0.25) is 0 Å². The van der Waals surface area contributed by atoms with E-state index in [0.29, 0.717) is 5.69 Å². The van der Waals surface area contributed by atoms with Gasteiger partial charge in [-0.25, -0.2) is 18.7 Å². The predicted octanol–water partition coefficient (Wildman–Crippen LogP) is 3.08. The Morgan fingerprint density at radius 1 is 1.00 bits per heavy atom. The number of anilines is 2. The van der Waals surface area contributed by atoms with Gasteiger partial charge in [0.05, 0.1) is 11.4 Å². The van der Waals surface area contributed by atoms with Gasteiger partial charge in [0.15, 0.2) is 23.7 Å². The van der Waals surface area contributed by atoms with E-state index in [2.05, 4.69) is 10.3 Å². The second-order valence-corrected chi connectivity index (χ2v) is 6.27. The first-order valence-electron chi connectivity index (χ1n) is 7.99. The average molecular weight is 356 g/mol. The summed E-state index contributed by atoms with van der Waals surface area (Å²) >= 11 is 0. The van der Waals surface area contributed by atoms with Crippen LogP contribution in [0, 0.1) is 25.5 Å². The number of rotatable bonds is 2. The zero-order valence-electron chi connectivity index (χ0n) is 14.0. The third-order valence-electron chi connectivity index (χ3n) is 4.77. The Labute approximate surface area is 147 Å². The largest absolute Gasteiger partial charge is 0.271 e. The van der Waals surface area contributed by atoms with E-state index < -0.39 is 35.5 Å². The molecule has 2 aliphatic rings. The highest BCUT2D eigenvalue weighted by Crippen LogP contribution is 2.36. The molecule has 2 heterocycles. The fourth-order valence-electron chi connectivity index (χ4n) is 3.22. The van der Waals surface area contributed by atoms with Crippen LogP contribution in [0.25, 0.3) is 0 Å². The van der Waals surface area contributed by atoms with Gasteiger partial charge in [0.1, 0.15) is 0 Å². The molecular formula is C18H14F2N4O2. The van der Waals surface area contributed by atoms with Crippen molar-refractivity contribution in [3.05, 3.63) is 59.2 Å². The van der Waals surface area contributed by atoms with Gasteiger partial charge in [0.2, 0.25) is 0 Å². The topological polar surface area (TPSA) is 65.3 Å². The number of nitrogens with zero attached hydrogens (tertiary/aromatic N) is 4. The molecule has 1 saturated heterocycles. The maximum absolute atomic E-state index is 13.5. The van der Waals surface area contributed by atoms with Crippen molar-refractivity contribution in [2.75, 3.05) is 9.91 Å². The number of halogens is 2. The highest BCUT2D eigenvalue weighted by atomic mass is 19.2. The van der Waals surface area contributed by atoms with E-state index in [1.165, 1.54) is 11.1 Å². The Balaban J connectivity index is 1.74. The standard InChI is InChI=1S/C18H14F2N4O2/c1-9-4-3-5-14(10(9)2)24-16-15(21-22-24)17(25)23(18(16)26)11-6-7-12(19)13(20)8-11/h3-8,15-16H,1-2H3/t15-,16-/m0/s1. The summed E-state index contributed by atoms with van der Waals surface area (Å²) in [6.07, 6.45) is 0. The first-order chi connectivity index (χ1) is 12.4. The Morgan fingerprint density at radius 2 is 1.77 bits per heavy atom. The van der Waals surface area contributed by atoms with Crippen LogP contribution in [0.4, 0.5) is 20.2 Å². The molecule has 1 fully saturated rings. The van der Waals surface area contributed by atoms with Gasteiger partial charge in [-0.15, -0.1) is 0 Å². The maximum Gasteiger partial charge on any atom is 0.263 e. The molecule has 0 unspecified atom stereocenters. The van der Waals surface area contributed by atoms with Gasteiger partial charge >= 0.3 is 0 Å². The number of benzene rings is 2. The molecule has 4 rings (SSSR count). The normalized spacial score (nSPS) is 21.7. The van der Waals surface area contributed by atoms with Crippen molar-refractivity contribution in [2.24, 2.45) is 10.3 Å². The van der Waals surface area contributed by atoms with E-state index in [4.69, 9.17) is 0 Å². The number of carbonyl (C=O) groups excluding carboxylic acids is 2. The number of hydrogen-bond donors (Lipinski definition) is 0. The van der Waals surface area contributed by atoms with Gasteiger partial charge < -0.3 is 0 Å². The molecule has 0 radical (unpaired) electrons. The lowest BCUT2D eigenvalue weighted by Gasteiger charge is -2.22. The Hall–Kier alpha value is -3.16. The summed E-state index contributed by atoms with van der Waals surface area (Å²) in [6, 6.07) is 6.51. The quantitative estimate of drug-likeness (QED) is 0.777. The number of imide groups is 1. The molecule has 2 aromatic carbocycles. The van der Waals surface area contributed by atoms with Crippen molar-refractivity contribution in [3.8, 4) is 0 Å². The molecule has 2 aliphatic heterocycles. The lowest BCUT2D eigenvalue weighted by molar-refractivity contribution is -0.121. The minimum atomic E-state index is -1.13. The summed E-state index contributed by atoms with van der Waals surface area (Å²) in [5.74, 6) is -3.36. The van der Waals surface area contributed by atoms with E-state index in [9.17, 15) is 18.4 Å². The minimum absolute atomic E-state index is 0.0237. The molecule has 26 heavy (non-hydrogen) atoms. The van der Waals surface area contributed by atoms with Gasteiger partial charge in [-0.3, -0.25) is 9.59 Å².